The molecule has 0 atom stereocenters. The quantitative estimate of drug-likeness (QED) is 0.400. The van der Waals surface area contributed by atoms with Crippen molar-refractivity contribution in [3.05, 3.63) is 35.4 Å². The maximum atomic E-state index is 11.5. The minimum atomic E-state index is -0.267. The molecule has 1 saturated heterocycles. The Kier molecular flexibility index (Phi) is 9.80. The minimum Gasteiger partial charge on any atom is -0.453 e. The van der Waals surface area contributed by atoms with Gasteiger partial charge in [-0.25, -0.2) is 9.79 Å². The number of likely N-dealkylation sites (tertiary alicyclic amines) is 1. The molecule has 7 nitrogen and oxygen atoms in total. The van der Waals surface area contributed by atoms with Gasteiger partial charge in [-0.15, -0.1) is 24.0 Å². The van der Waals surface area contributed by atoms with Gasteiger partial charge in [0.05, 0.1) is 25.3 Å². The van der Waals surface area contributed by atoms with Crippen molar-refractivity contribution in [3.8, 4) is 6.07 Å². The Bertz CT molecular complexity index is 651. The maximum absolute atomic E-state index is 11.5. The summed E-state index contributed by atoms with van der Waals surface area (Å²) in [6.45, 7) is 4.65. The van der Waals surface area contributed by atoms with E-state index in [1.54, 1.807) is 11.0 Å². The highest BCUT2D eigenvalue weighted by Crippen LogP contribution is 2.11. The van der Waals surface area contributed by atoms with E-state index in [9.17, 15) is 4.79 Å². The molecule has 26 heavy (non-hydrogen) atoms. The first kappa shape index (κ1) is 22.0. The standard InChI is InChI=1S/C18H25N5O2.HI/c1-3-20-17(21-13-15-6-4-5-14(11-15)12-19)22-16-7-9-23(10-8-16)18(24)25-2;/h4-6,11,16H,3,7-10,13H2,1-2H3,(H2,20,21,22);1H. The second kappa shape index (κ2) is 11.6. The fourth-order valence-electron chi connectivity index (χ4n) is 2.76. The van der Waals surface area contributed by atoms with Gasteiger partial charge in [-0.05, 0) is 37.5 Å². The molecule has 2 N–H and O–H groups in total. The molecule has 8 heteroatoms. The summed E-state index contributed by atoms with van der Waals surface area (Å²) in [6, 6.07) is 9.87. The fraction of sp³-hybridized carbons (Fsp3) is 0.500. The normalized spacial score (nSPS) is 14.8. The molecular formula is C18H26IN5O2. The molecular weight excluding hydrogens is 445 g/mol. The van der Waals surface area contributed by atoms with Crippen molar-refractivity contribution in [1.29, 1.82) is 5.26 Å². The van der Waals surface area contributed by atoms with E-state index < -0.39 is 0 Å². The molecule has 1 fully saturated rings. The van der Waals surface area contributed by atoms with Crippen LogP contribution >= 0.6 is 24.0 Å². The third kappa shape index (κ3) is 6.71. The summed E-state index contributed by atoms with van der Waals surface area (Å²) < 4.78 is 4.76. The van der Waals surface area contributed by atoms with Crippen molar-refractivity contribution in [3.63, 3.8) is 0 Å². The van der Waals surface area contributed by atoms with Gasteiger partial charge in [0.2, 0.25) is 0 Å². The molecule has 1 aromatic rings. The fourth-order valence-corrected chi connectivity index (χ4v) is 2.76. The smallest absolute Gasteiger partial charge is 0.409 e. The van der Waals surface area contributed by atoms with Crippen LogP contribution in [-0.4, -0.2) is 49.7 Å². The van der Waals surface area contributed by atoms with Gasteiger partial charge >= 0.3 is 6.09 Å². The summed E-state index contributed by atoms with van der Waals surface area (Å²) in [6.07, 6.45) is 1.43. The van der Waals surface area contributed by atoms with Crippen LogP contribution in [0, 0.1) is 11.3 Å². The van der Waals surface area contributed by atoms with Crippen LogP contribution in [-0.2, 0) is 11.3 Å². The Labute approximate surface area is 171 Å². The van der Waals surface area contributed by atoms with E-state index >= 15 is 0 Å². The Morgan fingerprint density at radius 2 is 2.15 bits per heavy atom. The molecule has 1 heterocycles. The number of amides is 1. The zero-order valence-corrected chi connectivity index (χ0v) is 17.5. The van der Waals surface area contributed by atoms with Crippen LogP contribution in [0.5, 0.6) is 0 Å². The number of nitrogens with one attached hydrogen (secondary N) is 2. The van der Waals surface area contributed by atoms with Crippen LogP contribution in [0.15, 0.2) is 29.3 Å². The maximum Gasteiger partial charge on any atom is 0.409 e. The molecule has 2 rings (SSSR count). The predicted octanol–water partition coefficient (Wildman–Crippen LogP) is 2.46. The highest BCUT2D eigenvalue weighted by atomic mass is 127. The van der Waals surface area contributed by atoms with Crippen molar-refractivity contribution in [1.82, 2.24) is 15.5 Å². The lowest BCUT2D eigenvalue weighted by atomic mass is 10.1. The number of carbonyl (C=O) groups is 1. The molecule has 0 aromatic heterocycles. The summed E-state index contributed by atoms with van der Waals surface area (Å²) in [7, 11) is 1.41. The number of nitrogens with zero attached hydrogens (tertiary/aromatic N) is 3. The molecule has 1 aliphatic rings. The average molecular weight is 471 g/mol. The van der Waals surface area contributed by atoms with Crippen LogP contribution in [0.2, 0.25) is 0 Å². The third-order valence-electron chi connectivity index (χ3n) is 4.09. The van der Waals surface area contributed by atoms with Crippen molar-refractivity contribution in [2.24, 2.45) is 4.99 Å². The average Bonchev–Trinajstić information content (AvgIpc) is 2.66. The van der Waals surface area contributed by atoms with E-state index in [2.05, 4.69) is 21.7 Å². The summed E-state index contributed by atoms with van der Waals surface area (Å²) in [4.78, 5) is 17.9. The summed E-state index contributed by atoms with van der Waals surface area (Å²) in [5.41, 5.74) is 1.64. The Balaban J connectivity index is 0.00000338. The van der Waals surface area contributed by atoms with Gasteiger partial charge in [0, 0.05) is 25.7 Å². The Morgan fingerprint density at radius 3 is 2.77 bits per heavy atom. The number of guanidine groups is 1. The Morgan fingerprint density at radius 1 is 1.42 bits per heavy atom. The first-order chi connectivity index (χ1) is 12.2. The van der Waals surface area contributed by atoms with E-state index in [4.69, 9.17) is 10.00 Å². The summed E-state index contributed by atoms with van der Waals surface area (Å²) >= 11 is 0. The molecule has 0 bridgehead atoms. The van der Waals surface area contributed by atoms with Crippen LogP contribution in [0.3, 0.4) is 0 Å². The molecule has 0 aliphatic carbocycles. The summed E-state index contributed by atoms with van der Waals surface area (Å²) in [5, 5.41) is 15.6. The number of nitriles is 1. The van der Waals surface area contributed by atoms with Crippen LogP contribution in [0.1, 0.15) is 30.9 Å². The molecule has 0 spiro atoms. The number of piperidine rings is 1. The lowest BCUT2D eigenvalue weighted by molar-refractivity contribution is 0.111. The van der Waals surface area contributed by atoms with E-state index in [1.807, 2.05) is 25.1 Å². The van der Waals surface area contributed by atoms with Crippen LogP contribution < -0.4 is 10.6 Å². The second-order valence-electron chi connectivity index (χ2n) is 5.88. The number of ether oxygens (including phenoxy) is 1. The van der Waals surface area contributed by atoms with Gasteiger partial charge in [0.25, 0.3) is 0 Å². The number of benzene rings is 1. The predicted molar refractivity (Wildman–Crippen MR) is 112 cm³/mol. The highest BCUT2D eigenvalue weighted by Gasteiger charge is 2.23. The monoisotopic (exact) mass is 471 g/mol. The van der Waals surface area contributed by atoms with Crippen LogP contribution in [0.4, 0.5) is 4.79 Å². The number of hydrogen-bond donors (Lipinski definition) is 2. The van der Waals surface area contributed by atoms with Crippen LogP contribution in [0.25, 0.3) is 0 Å². The molecule has 1 amide bonds. The number of hydrogen-bond acceptors (Lipinski definition) is 4. The topological polar surface area (TPSA) is 89.8 Å². The minimum absolute atomic E-state index is 0. The zero-order valence-electron chi connectivity index (χ0n) is 15.2. The zero-order chi connectivity index (χ0) is 18.1. The van der Waals surface area contributed by atoms with E-state index in [0.717, 1.165) is 30.9 Å². The van der Waals surface area contributed by atoms with Crippen molar-refractivity contribution < 1.29 is 9.53 Å². The molecule has 0 radical (unpaired) electrons. The molecule has 142 valence electrons. The number of rotatable bonds is 4. The van der Waals surface area contributed by atoms with Gasteiger partial charge in [0.15, 0.2) is 5.96 Å². The second-order valence-corrected chi connectivity index (χ2v) is 5.88. The van der Waals surface area contributed by atoms with Gasteiger partial charge in [-0.2, -0.15) is 5.26 Å². The Hall–Kier alpha value is -2.02. The van der Waals surface area contributed by atoms with E-state index in [1.165, 1.54) is 7.11 Å². The lowest BCUT2D eigenvalue weighted by Crippen LogP contribution is -2.49. The van der Waals surface area contributed by atoms with Crippen molar-refractivity contribution in [2.45, 2.75) is 32.4 Å². The van der Waals surface area contributed by atoms with E-state index in [-0.39, 0.29) is 36.1 Å². The van der Waals surface area contributed by atoms with Gasteiger partial charge in [-0.3, -0.25) is 0 Å². The van der Waals surface area contributed by atoms with Gasteiger partial charge < -0.3 is 20.3 Å². The third-order valence-corrected chi connectivity index (χ3v) is 4.09. The first-order valence-electron chi connectivity index (χ1n) is 8.53. The van der Waals surface area contributed by atoms with Crippen molar-refractivity contribution in [2.75, 3.05) is 26.7 Å². The van der Waals surface area contributed by atoms with E-state index in [0.29, 0.717) is 25.2 Å². The summed E-state index contributed by atoms with van der Waals surface area (Å²) in [5.74, 6) is 0.751. The SMILES string of the molecule is CCNC(=NCc1cccc(C#N)c1)NC1CCN(C(=O)OC)CC1.I. The van der Waals surface area contributed by atoms with Crippen molar-refractivity contribution >= 4 is 36.0 Å². The number of carbonyl (C=O) groups excluding carboxylic acids is 1. The number of halogens is 1. The molecule has 0 saturated carbocycles. The van der Waals surface area contributed by atoms with Gasteiger partial charge in [-0.1, -0.05) is 12.1 Å². The largest absolute Gasteiger partial charge is 0.453 e. The highest BCUT2D eigenvalue weighted by molar-refractivity contribution is 14.0. The van der Waals surface area contributed by atoms with Gasteiger partial charge in [0.1, 0.15) is 0 Å². The molecule has 1 aliphatic heterocycles. The molecule has 1 aromatic carbocycles. The number of aliphatic imine (C=N–C) groups is 1. The lowest BCUT2D eigenvalue weighted by Gasteiger charge is -2.32. The number of methoxy groups -OCH3 is 1. The first-order valence-corrected chi connectivity index (χ1v) is 8.53. The molecule has 0 unspecified atom stereocenters.